The Morgan fingerprint density at radius 1 is 1.14 bits per heavy atom. The molecule has 0 aliphatic carbocycles. The molecule has 2 aromatic heterocycles. The molecule has 0 aliphatic heterocycles. The second kappa shape index (κ2) is 6.44. The SMILES string of the molecule is O=C(CCc1ccsc1)NNC(=O)c1c[nH]c2ccccc12. The minimum atomic E-state index is -0.332. The van der Waals surface area contributed by atoms with E-state index in [0.717, 1.165) is 16.5 Å². The van der Waals surface area contributed by atoms with Crippen LogP contribution in [-0.4, -0.2) is 16.8 Å². The summed E-state index contributed by atoms with van der Waals surface area (Å²) < 4.78 is 0. The van der Waals surface area contributed by atoms with Crippen LogP contribution < -0.4 is 10.9 Å². The van der Waals surface area contributed by atoms with Crippen molar-refractivity contribution in [3.8, 4) is 0 Å². The molecule has 5 nitrogen and oxygen atoms in total. The van der Waals surface area contributed by atoms with Crippen molar-refractivity contribution in [3.63, 3.8) is 0 Å². The van der Waals surface area contributed by atoms with Crippen molar-refractivity contribution in [3.05, 3.63) is 58.4 Å². The molecule has 3 rings (SSSR count). The van der Waals surface area contributed by atoms with Gasteiger partial charge in [0.15, 0.2) is 0 Å². The molecule has 1 aromatic carbocycles. The smallest absolute Gasteiger partial charge is 0.271 e. The van der Waals surface area contributed by atoms with Gasteiger partial charge in [-0.1, -0.05) is 18.2 Å². The number of amides is 2. The number of hydrogen-bond donors (Lipinski definition) is 3. The predicted octanol–water partition coefficient (Wildman–Crippen LogP) is 2.62. The molecule has 0 unspecified atom stereocenters. The summed E-state index contributed by atoms with van der Waals surface area (Å²) in [6.07, 6.45) is 2.64. The van der Waals surface area contributed by atoms with Gasteiger partial charge in [0.2, 0.25) is 5.91 Å². The normalized spacial score (nSPS) is 10.5. The van der Waals surface area contributed by atoms with Crippen molar-refractivity contribution in [1.29, 1.82) is 0 Å². The van der Waals surface area contributed by atoms with Crippen molar-refractivity contribution in [1.82, 2.24) is 15.8 Å². The van der Waals surface area contributed by atoms with E-state index in [0.29, 0.717) is 18.4 Å². The standard InChI is InChI=1S/C16H15N3O2S/c20-15(6-5-11-7-8-22-10-11)18-19-16(21)13-9-17-14-4-2-1-3-12(13)14/h1-4,7-10,17H,5-6H2,(H,18,20)(H,19,21). The molecule has 0 saturated heterocycles. The number of hydrogen-bond acceptors (Lipinski definition) is 3. The molecule has 112 valence electrons. The van der Waals surface area contributed by atoms with E-state index in [1.165, 1.54) is 0 Å². The van der Waals surface area contributed by atoms with Crippen LogP contribution in [0.5, 0.6) is 0 Å². The first kappa shape index (κ1) is 14.3. The number of hydrazine groups is 1. The number of nitrogens with one attached hydrogen (secondary N) is 3. The third-order valence-corrected chi connectivity index (χ3v) is 4.10. The average molecular weight is 313 g/mol. The number of H-pyrrole nitrogens is 1. The molecule has 0 saturated carbocycles. The van der Waals surface area contributed by atoms with Gasteiger partial charge in [-0.25, -0.2) is 0 Å². The zero-order valence-corrected chi connectivity index (χ0v) is 12.6. The van der Waals surface area contributed by atoms with Gasteiger partial charge in [0.05, 0.1) is 5.56 Å². The highest BCUT2D eigenvalue weighted by Gasteiger charge is 2.12. The molecule has 0 fully saturated rings. The monoisotopic (exact) mass is 313 g/mol. The molecule has 0 bridgehead atoms. The van der Waals surface area contributed by atoms with Crippen LogP contribution in [0.15, 0.2) is 47.3 Å². The number of aryl methyl sites for hydroxylation is 1. The van der Waals surface area contributed by atoms with Gasteiger partial charge in [-0.15, -0.1) is 0 Å². The van der Waals surface area contributed by atoms with E-state index >= 15 is 0 Å². The first-order valence-electron chi connectivity index (χ1n) is 6.90. The quantitative estimate of drug-likeness (QED) is 0.648. The highest BCUT2D eigenvalue weighted by molar-refractivity contribution is 7.07. The molecule has 0 radical (unpaired) electrons. The molecule has 22 heavy (non-hydrogen) atoms. The summed E-state index contributed by atoms with van der Waals surface area (Å²) in [4.78, 5) is 26.9. The number of aromatic nitrogens is 1. The maximum Gasteiger partial charge on any atom is 0.271 e. The first-order chi connectivity index (χ1) is 10.7. The first-order valence-corrected chi connectivity index (χ1v) is 7.84. The average Bonchev–Trinajstić information content (AvgIpc) is 3.19. The Morgan fingerprint density at radius 3 is 2.82 bits per heavy atom. The lowest BCUT2D eigenvalue weighted by atomic mass is 10.2. The third kappa shape index (κ3) is 3.17. The molecular weight excluding hydrogens is 298 g/mol. The Balaban J connectivity index is 1.54. The van der Waals surface area contributed by atoms with Gasteiger partial charge >= 0.3 is 0 Å². The fourth-order valence-electron chi connectivity index (χ4n) is 2.21. The number of aromatic amines is 1. The van der Waals surface area contributed by atoms with Crippen LogP contribution in [0.4, 0.5) is 0 Å². The van der Waals surface area contributed by atoms with Gasteiger partial charge in [-0.2, -0.15) is 11.3 Å². The van der Waals surface area contributed by atoms with Crippen molar-refractivity contribution in [2.75, 3.05) is 0 Å². The van der Waals surface area contributed by atoms with E-state index in [1.54, 1.807) is 17.5 Å². The van der Waals surface area contributed by atoms with E-state index in [-0.39, 0.29) is 11.8 Å². The largest absolute Gasteiger partial charge is 0.360 e. The highest BCUT2D eigenvalue weighted by atomic mass is 32.1. The van der Waals surface area contributed by atoms with Gasteiger partial charge in [-0.3, -0.25) is 20.4 Å². The van der Waals surface area contributed by atoms with Crippen LogP contribution in [0.1, 0.15) is 22.3 Å². The maximum atomic E-state index is 12.1. The predicted molar refractivity (Wildman–Crippen MR) is 86.5 cm³/mol. The second-order valence-electron chi connectivity index (χ2n) is 4.88. The van der Waals surface area contributed by atoms with Crippen molar-refractivity contribution in [2.24, 2.45) is 0 Å². The van der Waals surface area contributed by atoms with Crippen molar-refractivity contribution in [2.45, 2.75) is 12.8 Å². The molecule has 0 aliphatic rings. The maximum absolute atomic E-state index is 12.1. The lowest BCUT2D eigenvalue weighted by Crippen LogP contribution is -2.41. The number of thiophene rings is 1. The van der Waals surface area contributed by atoms with Gasteiger partial charge in [0.25, 0.3) is 5.91 Å². The molecule has 6 heteroatoms. The summed E-state index contributed by atoms with van der Waals surface area (Å²) in [5.74, 6) is -0.541. The minimum Gasteiger partial charge on any atom is -0.360 e. The van der Waals surface area contributed by atoms with Crippen molar-refractivity contribution >= 4 is 34.1 Å². The van der Waals surface area contributed by atoms with E-state index < -0.39 is 0 Å². The highest BCUT2D eigenvalue weighted by Crippen LogP contribution is 2.17. The topological polar surface area (TPSA) is 74.0 Å². The molecule has 3 aromatic rings. The molecule has 0 atom stereocenters. The number of fused-ring (bicyclic) bond motifs is 1. The van der Waals surface area contributed by atoms with Gasteiger partial charge in [0, 0.05) is 23.5 Å². The summed E-state index contributed by atoms with van der Waals surface area (Å²) in [5.41, 5.74) is 7.42. The Hall–Kier alpha value is -2.60. The lowest BCUT2D eigenvalue weighted by molar-refractivity contribution is -0.121. The van der Waals surface area contributed by atoms with Gasteiger partial charge in [-0.05, 0) is 34.9 Å². The van der Waals surface area contributed by atoms with Crippen LogP contribution >= 0.6 is 11.3 Å². The van der Waals surface area contributed by atoms with Gasteiger partial charge < -0.3 is 4.98 Å². The van der Waals surface area contributed by atoms with Crippen LogP contribution in [0, 0.1) is 0 Å². The number of carbonyl (C=O) groups excluding carboxylic acids is 2. The van der Waals surface area contributed by atoms with E-state index in [4.69, 9.17) is 0 Å². The molecular formula is C16H15N3O2S. The van der Waals surface area contributed by atoms with Crippen LogP contribution in [0.25, 0.3) is 10.9 Å². The third-order valence-electron chi connectivity index (χ3n) is 3.37. The Bertz CT molecular complexity index is 793. The summed E-state index contributed by atoms with van der Waals surface area (Å²) in [6, 6.07) is 9.51. The van der Waals surface area contributed by atoms with Crippen LogP contribution in [-0.2, 0) is 11.2 Å². The zero-order valence-electron chi connectivity index (χ0n) is 11.8. The number of para-hydroxylation sites is 1. The number of carbonyl (C=O) groups is 2. The summed E-state index contributed by atoms with van der Waals surface area (Å²) in [6.45, 7) is 0. The van der Waals surface area contributed by atoms with E-state index in [1.807, 2.05) is 41.1 Å². The number of benzene rings is 1. The second-order valence-corrected chi connectivity index (χ2v) is 5.66. The van der Waals surface area contributed by atoms with Crippen molar-refractivity contribution < 1.29 is 9.59 Å². The van der Waals surface area contributed by atoms with Crippen LogP contribution in [0.3, 0.4) is 0 Å². The molecule has 0 spiro atoms. The molecule has 2 heterocycles. The Kier molecular flexibility index (Phi) is 4.20. The minimum absolute atomic E-state index is 0.209. The van der Waals surface area contributed by atoms with E-state index in [2.05, 4.69) is 15.8 Å². The molecule has 2 amide bonds. The summed E-state index contributed by atoms with van der Waals surface area (Å²) in [5, 5.41) is 4.82. The lowest BCUT2D eigenvalue weighted by Gasteiger charge is -2.06. The molecule has 3 N–H and O–H groups in total. The Morgan fingerprint density at radius 2 is 2.00 bits per heavy atom. The van der Waals surface area contributed by atoms with Crippen LogP contribution in [0.2, 0.25) is 0 Å². The summed E-state index contributed by atoms with van der Waals surface area (Å²) >= 11 is 1.60. The Labute approximate surface area is 131 Å². The van der Waals surface area contributed by atoms with Gasteiger partial charge in [0.1, 0.15) is 0 Å². The number of rotatable bonds is 4. The fourth-order valence-corrected chi connectivity index (χ4v) is 2.91. The summed E-state index contributed by atoms with van der Waals surface area (Å²) in [7, 11) is 0. The zero-order chi connectivity index (χ0) is 15.4. The fraction of sp³-hybridized carbons (Fsp3) is 0.125. The van der Waals surface area contributed by atoms with E-state index in [9.17, 15) is 9.59 Å².